The number of nitrogens with one attached hydrogen (secondary N) is 1. The van der Waals surface area contributed by atoms with Crippen LogP contribution in [0.1, 0.15) is 15.9 Å². The Balaban J connectivity index is 2.09. The van der Waals surface area contributed by atoms with E-state index >= 15 is 0 Å². The van der Waals surface area contributed by atoms with Crippen molar-refractivity contribution in [3.8, 4) is 11.5 Å². The lowest BCUT2D eigenvalue weighted by Gasteiger charge is -2.04. The number of hydrogen-bond acceptors (Lipinski definition) is 4. The molecule has 0 radical (unpaired) electrons. The van der Waals surface area contributed by atoms with E-state index in [1.165, 1.54) is 31.5 Å². The van der Waals surface area contributed by atoms with Crippen LogP contribution in [0.2, 0.25) is 10.0 Å². The van der Waals surface area contributed by atoms with Gasteiger partial charge in [0.05, 0.1) is 23.9 Å². The van der Waals surface area contributed by atoms with E-state index in [1.54, 1.807) is 18.2 Å². The number of halogens is 2. The number of rotatable bonds is 4. The van der Waals surface area contributed by atoms with E-state index in [2.05, 4.69) is 10.5 Å². The molecule has 0 unspecified atom stereocenters. The third-order valence-electron chi connectivity index (χ3n) is 2.76. The molecule has 0 aliphatic rings. The number of benzene rings is 2. The van der Waals surface area contributed by atoms with E-state index in [-0.39, 0.29) is 16.3 Å². The number of nitrogens with zero attached hydrogens (tertiary/aromatic N) is 1. The molecule has 0 saturated heterocycles. The molecule has 7 heteroatoms. The van der Waals surface area contributed by atoms with Crippen LogP contribution in [-0.4, -0.2) is 24.3 Å². The van der Waals surface area contributed by atoms with Gasteiger partial charge < -0.3 is 9.84 Å². The first-order chi connectivity index (χ1) is 10.5. The second-order valence-electron chi connectivity index (χ2n) is 4.25. The summed E-state index contributed by atoms with van der Waals surface area (Å²) >= 11 is 11.8. The first kappa shape index (κ1) is 16.1. The largest absolute Gasteiger partial charge is 0.504 e. The van der Waals surface area contributed by atoms with Gasteiger partial charge in [0.1, 0.15) is 0 Å². The Morgan fingerprint density at radius 3 is 2.77 bits per heavy atom. The van der Waals surface area contributed by atoms with Gasteiger partial charge in [-0.25, -0.2) is 5.43 Å². The minimum absolute atomic E-state index is 0.0226. The van der Waals surface area contributed by atoms with Crippen molar-refractivity contribution in [1.29, 1.82) is 0 Å². The summed E-state index contributed by atoms with van der Waals surface area (Å²) in [5, 5.41) is 14.0. The van der Waals surface area contributed by atoms with Crippen molar-refractivity contribution in [3.05, 3.63) is 57.6 Å². The normalized spacial score (nSPS) is 10.7. The number of hydrogen-bond donors (Lipinski definition) is 2. The lowest BCUT2D eigenvalue weighted by atomic mass is 10.2. The minimum atomic E-state index is -0.477. The maximum atomic E-state index is 12.0. The van der Waals surface area contributed by atoms with E-state index in [0.717, 1.165) is 0 Å². The van der Waals surface area contributed by atoms with Gasteiger partial charge in [-0.15, -0.1) is 0 Å². The highest BCUT2D eigenvalue weighted by atomic mass is 35.5. The van der Waals surface area contributed by atoms with Crippen LogP contribution in [0.3, 0.4) is 0 Å². The predicted molar refractivity (Wildman–Crippen MR) is 86.2 cm³/mol. The highest BCUT2D eigenvalue weighted by molar-refractivity contribution is 6.35. The van der Waals surface area contributed by atoms with Crippen LogP contribution in [0.15, 0.2) is 41.5 Å². The molecule has 0 aromatic heterocycles. The van der Waals surface area contributed by atoms with E-state index < -0.39 is 5.91 Å². The zero-order valence-corrected chi connectivity index (χ0v) is 13.0. The fraction of sp³-hybridized carbons (Fsp3) is 0.0667. The fourth-order valence-corrected chi connectivity index (χ4v) is 2.05. The second-order valence-corrected chi connectivity index (χ2v) is 5.10. The lowest BCUT2D eigenvalue weighted by Crippen LogP contribution is -2.18. The van der Waals surface area contributed by atoms with Crippen molar-refractivity contribution in [3.63, 3.8) is 0 Å². The Hall–Kier alpha value is -2.24. The number of aromatic hydroxyl groups is 1. The summed E-state index contributed by atoms with van der Waals surface area (Å²) in [6, 6.07) is 9.26. The van der Waals surface area contributed by atoms with Gasteiger partial charge in [-0.3, -0.25) is 4.79 Å². The molecule has 5 nitrogen and oxygen atoms in total. The topological polar surface area (TPSA) is 70.9 Å². The van der Waals surface area contributed by atoms with Crippen LogP contribution in [0.5, 0.6) is 11.5 Å². The quantitative estimate of drug-likeness (QED) is 0.662. The van der Waals surface area contributed by atoms with Crippen LogP contribution in [0.4, 0.5) is 0 Å². The molecular formula is C15H12Cl2N2O3. The van der Waals surface area contributed by atoms with Gasteiger partial charge in [-0.1, -0.05) is 23.2 Å². The van der Waals surface area contributed by atoms with Crippen LogP contribution in [0, 0.1) is 0 Å². The zero-order valence-electron chi connectivity index (χ0n) is 11.5. The van der Waals surface area contributed by atoms with Crippen molar-refractivity contribution in [2.45, 2.75) is 0 Å². The molecule has 0 spiro atoms. The molecule has 2 N–H and O–H groups in total. The summed E-state index contributed by atoms with van der Waals surface area (Å²) < 4.78 is 4.98. The SMILES string of the molecule is COc1cc(/C=N/NC(=O)c2cc(Cl)ccc2Cl)ccc1O. The van der Waals surface area contributed by atoms with Crippen LogP contribution < -0.4 is 10.2 Å². The Morgan fingerprint density at radius 2 is 2.05 bits per heavy atom. The molecule has 22 heavy (non-hydrogen) atoms. The number of carbonyl (C=O) groups is 1. The maximum absolute atomic E-state index is 12.0. The molecule has 2 rings (SSSR count). The molecule has 0 aliphatic carbocycles. The third kappa shape index (κ3) is 3.90. The Bertz CT molecular complexity index is 733. The molecule has 2 aromatic rings. The molecule has 0 aliphatic heterocycles. The summed E-state index contributed by atoms with van der Waals surface area (Å²) in [6.45, 7) is 0. The third-order valence-corrected chi connectivity index (χ3v) is 3.32. The fourth-order valence-electron chi connectivity index (χ4n) is 1.67. The monoisotopic (exact) mass is 338 g/mol. The van der Waals surface area contributed by atoms with E-state index in [9.17, 15) is 9.90 Å². The first-order valence-corrected chi connectivity index (χ1v) is 6.92. The smallest absolute Gasteiger partial charge is 0.272 e. The Kier molecular flexibility index (Phi) is 5.25. The van der Waals surface area contributed by atoms with Gasteiger partial charge in [0, 0.05) is 5.02 Å². The molecule has 2 aromatic carbocycles. The molecule has 0 fully saturated rings. The Labute approximate surface area is 137 Å². The summed E-state index contributed by atoms with van der Waals surface area (Å²) in [4.78, 5) is 12.0. The van der Waals surface area contributed by atoms with E-state index in [4.69, 9.17) is 27.9 Å². The van der Waals surface area contributed by atoms with E-state index in [1.807, 2.05) is 0 Å². The molecule has 1 amide bonds. The molecule has 0 saturated carbocycles. The number of hydrazone groups is 1. The standard InChI is InChI=1S/C15H12Cl2N2O3/c1-22-14-6-9(2-5-13(14)20)8-18-19-15(21)11-7-10(16)3-4-12(11)17/h2-8,20H,1H3,(H,19,21)/b18-8+. The van der Waals surface area contributed by atoms with Crippen molar-refractivity contribution < 1.29 is 14.6 Å². The predicted octanol–water partition coefficient (Wildman–Crippen LogP) is 3.47. The molecule has 0 atom stereocenters. The number of methoxy groups -OCH3 is 1. The van der Waals surface area contributed by atoms with E-state index in [0.29, 0.717) is 16.3 Å². The number of phenolic OH excluding ortho intramolecular Hbond substituents is 1. The van der Waals surface area contributed by atoms with Gasteiger partial charge >= 0.3 is 0 Å². The summed E-state index contributed by atoms with van der Waals surface area (Å²) in [5.74, 6) is -0.142. The van der Waals surface area contributed by atoms with Gasteiger partial charge in [-0.2, -0.15) is 5.10 Å². The number of phenols is 1. The summed E-state index contributed by atoms with van der Waals surface area (Å²) in [7, 11) is 1.44. The summed E-state index contributed by atoms with van der Waals surface area (Å²) in [6.07, 6.45) is 1.41. The number of ether oxygens (including phenoxy) is 1. The van der Waals surface area contributed by atoms with Crippen molar-refractivity contribution in [1.82, 2.24) is 5.43 Å². The number of carbonyl (C=O) groups excluding carboxylic acids is 1. The highest BCUT2D eigenvalue weighted by Crippen LogP contribution is 2.25. The van der Waals surface area contributed by atoms with Crippen molar-refractivity contribution in [2.75, 3.05) is 7.11 Å². The van der Waals surface area contributed by atoms with Crippen LogP contribution >= 0.6 is 23.2 Å². The molecule has 0 bridgehead atoms. The van der Waals surface area contributed by atoms with Crippen molar-refractivity contribution in [2.24, 2.45) is 5.10 Å². The molecular weight excluding hydrogens is 327 g/mol. The van der Waals surface area contributed by atoms with Crippen molar-refractivity contribution >= 4 is 35.3 Å². The highest BCUT2D eigenvalue weighted by Gasteiger charge is 2.10. The number of amides is 1. The first-order valence-electron chi connectivity index (χ1n) is 6.16. The van der Waals surface area contributed by atoms with Gasteiger partial charge in [-0.05, 0) is 42.0 Å². The minimum Gasteiger partial charge on any atom is -0.504 e. The zero-order chi connectivity index (χ0) is 16.1. The van der Waals surface area contributed by atoms with Crippen LogP contribution in [0.25, 0.3) is 0 Å². The summed E-state index contributed by atoms with van der Waals surface area (Å²) in [5.41, 5.74) is 3.23. The average Bonchev–Trinajstić information content (AvgIpc) is 2.51. The average molecular weight is 339 g/mol. The second kappa shape index (κ2) is 7.15. The van der Waals surface area contributed by atoms with Gasteiger partial charge in [0.15, 0.2) is 11.5 Å². The molecule has 114 valence electrons. The van der Waals surface area contributed by atoms with Gasteiger partial charge in [0.25, 0.3) is 5.91 Å². The maximum Gasteiger partial charge on any atom is 0.272 e. The Morgan fingerprint density at radius 1 is 1.27 bits per heavy atom. The van der Waals surface area contributed by atoms with Crippen LogP contribution in [-0.2, 0) is 0 Å². The lowest BCUT2D eigenvalue weighted by molar-refractivity contribution is 0.0955. The molecule has 0 heterocycles. The van der Waals surface area contributed by atoms with Gasteiger partial charge in [0.2, 0.25) is 0 Å².